The Labute approximate surface area is 660 Å². The van der Waals surface area contributed by atoms with Crippen LogP contribution in [0.4, 0.5) is 18.9 Å². The summed E-state index contributed by atoms with van der Waals surface area (Å²) in [6, 6.07) is 56.3. The minimum absolute atomic E-state index is 0.102. The van der Waals surface area contributed by atoms with Crippen molar-refractivity contribution in [2.75, 3.05) is 13.9 Å². The molecule has 8 N–H and O–H groups in total. The molecule has 8 aromatic rings. The third kappa shape index (κ3) is 44.6. The van der Waals surface area contributed by atoms with Gasteiger partial charge in [0, 0.05) is 58.2 Å². The molecule has 0 aromatic heterocycles. The number of nitrogens with zero attached hydrogens (tertiary/aromatic N) is 1. The van der Waals surface area contributed by atoms with Crippen LogP contribution in [0.15, 0.2) is 176 Å². The molecule has 0 spiro atoms. The molecule has 1 aliphatic rings. The first-order valence-corrected chi connectivity index (χ1v) is 41.0. The highest BCUT2D eigenvalue weighted by Gasteiger charge is 2.33. The summed E-state index contributed by atoms with van der Waals surface area (Å²) >= 11 is 11.9. The third-order valence-corrected chi connectivity index (χ3v) is 21.2. The number of ether oxygens (including phenoxy) is 3. The maximum absolute atomic E-state index is 12.7. The number of thioether (sulfide) groups is 8. The fraction of sp³-hybridized carbons (Fsp3) is 0.309. The normalized spacial score (nSPS) is 10.5. The Balaban J connectivity index is 0.000000413. The van der Waals surface area contributed by atoms with Gasteiger partial charge >= 0.3 is 6.18 Å². The van der Waals surface area contributed by atoms with E-state index in [1.165, 1.54) is 97.4 Å². The molecule has 0 saturated carbocycles. The van der Waals surface area contributed by atoms with Gasteiger partial charge in [-0.15, -0.1) is 94.1 Å². The summed E-state index contributed by atoms with van der Waals surface area (Å²) in [4.78, 5) is 9.93. The number of hydrogen-bond acceptors (Lipinski definition) is 21. The van der Waals surface area contributed by atoms with Gasteiger partial charge in [-0.05, 0) is 177 Å². The predicted octanol–water partition coefficient (Wildman–Crippen LogP) is 25.9. The van der Waals surface area contributed by atoms with E-state index in [2.05, 4.69) is 132 Å². The monoisotopic (exact) mass is 1590 g/mol. The minimum Gasteiger partial charge on any atom is -0.496 e. The van der Waals surface area contributed by atoms with Gasteiger partial charge in [0.05, 0.1) is 57.9 Å². The number of rotatable bonds is 18. The van der Waals surface area contributed by atoms with Gasteiger partial charge in [-0.25, -0.2) is 0 Å². The van der Waals surface area contributed by atoms with Crippen molar-refractivity contribution < 1.29 is 32.3 Å². The number of hydrogen-bond donors (Lipinski definition) is 8. The quantitative estimate of drug-likeness (QED) is 0.0172. The summed E-state index contributed by atoms with van der Waals surface area (Å²) in [5, 5.41) is 73.2. The summed E-state index contributed by atoms with van der Waals surface area (Å²) in [7, 11) is 1.69. The zero-order chi connectivity index (χ0) is 79.3. The Hall–Kier alpha value is -7.49. The number of nitrogens with one attached hydrogen (secondary N) is 8. The molecular formula is C81H100F3N9O5S8. The van der Waals surface area contributed by atoms with E-state index in [0.717, 1.165) is 80.7 Å². The average molecular weight is 1590 g/mol. The van der Waals surface area contributed by atoms with E-state index in [9.17, 15) is 23.3 Å². The fourth-order valence-electron chi connectivity index (χ4n) is 8.17. The zero-order valence-electron chi connectivity index (χ0n) is 63.0. The molecular weight excluding hydrogens is 1490 g/mol. The second kappa shape index (κ2) is 52.5. The molecule has 0 fully saturated rings. The van der Waals surface area contributed by atoms with E-state index < -0.39 is 16.7 Å². The molecule has 1 heterocycles. The van der Waals surface area contributed by atoms with Crippen LogP contribution in [0.5, 0.6) is 17.2 Å². The average Bonchev–Trinajstić information content (AvgIpc) is 1.07. The highest BCUT2D eigenvalue weighted by Crippen LogP contribution is 2.36. The van der Waals surface area contributed by atoms with Crippen molar-refractivity contribution >= 4 is 140 Å². The number of fused-ring (bicyclic) bond motifs is 1. The van der Waals surface area contributed by atoms with Crippen LogP contribution in [0, 0.1) is 94.9 Å². The first-order valence-electron chi connectivity index (χ1n) is 33.1. The lowest BCUT2D eigenvalue weighted by atomic mass is 10.1. The molecule has 0 saturated heterocycles. The summed E-state index contributed by atoms with van der Waals surface area (Å²) in [5.74, 6) is 8.73. The first kappa shape index (κ1) is 94.6. The van der Waals surface area contributed by atoms with E-state index in [1.54, 1.807) is 112 Å². The van der Waals surface area contributed by atoms with Crippen LogP contribution in [-0.4, -0.2) is 59.2 Å². The number of methoxy groups -OCH3 is 1. The van der Waals surface area contributed by atoms with Crippen molar-refractivity contribution in [3.63, 3.8) is 0 Å². The molecule has 14 nitrogen and oxygen atoms in total. The van der Waals surface area contributed by atoms with E-state index in [0.29, 0.717) is 58.5 Å². The molecule has 25 heteroatoms. The number of nitro benzene ring substituents is 1. The van der Waals surface area contributed by atoms with E-state index in [-0.39, 0.29) is 17.0 Å². The van der Waals surface area contributed by atoms with Gasteiger partial charge in [-0.1, -0.05) is 162 Å². The van der Waals surface area contributed by atoms with Crippen LogP contribution < -0.4 is 14.2 Å². The van der Waals surface area contributed by atoms with Gasteiger partial charge in [0.1, 0.15) is 5.75 Å². The highest BCUT2D eigenvalue weighted by molar-refractivity contribution is 8.14. The van der Waals surface area contributed by atoms with Crippen LogP contribution >= 0.6 is 94.1 Å². The summed E-state index contributed by atoms with van der Waals surface area (Å²) in [6.07, 6.45) is -4.32. The molecule has 9 rings (SSSR count). The lowest BCUT2D eigenvalue weighted by molar-refractivity contribution is -0.384. The Kier molecular flexibility index (Phi) is 46.9. The number of nitro groups is 1. The molecule has 0 aliphatic carbocycles. The topological polar surface area (TPSA) is 262 Å². The summed E-state index contributed by atoms with van der Waals surface area (Å²) < 4.78 is 53.8. The first-order chi connectivity index (χ1) is 50.0. The van der Waals surface area contributed by atoms with Crippen LogP contribution in [0.25, 0.3) is 0 Å². The Morgan fingerprint density at radius 3 is 1.08 bits per heavy atom. The third-order valence-electron chi connectivity index (χ3n) is 13.9. The molecule has 0 atom stereocenters. The van der Waals surface area contributed by atoms with Crippen molar-refractivity contribution in [3.8, 4) is 17.2 Å². The van der Waals surface area contributed by atoms with Crippen molar-refractivity contribution in [1.29, 1.82) is 43.3 Å². The molecule has 0 radical (unpaired) electrons. The van der Waals surface area contributed by atoms with Crippen LogP contribution in [-0.2, 0) is 52.2 Å². The van der Waals surface area contributed by atoms with Gasteiger partial charge < -0.3 is 14.2 Å². The largest absolute Gasteiger partial charge is 0.496 e. The number of benzene rings is 8. The molecule has 568 valence electrons. The number of halogens is 3. The number of non-ortho nitro benzene ring substituents is 1. The molecule has 106 heavy (non-hydrogen) atoms. The van der Waals surface area contributed by atoms with Crippen molar-refractivity contribution in [3.05, 3.63) is 269 Å². The zero-order valence-corrected chi connectivity index (χ0v) is 69.5. The van der Waals surface area contributed by atoms with Crippen molar-refractivity contribution in [2.45, 2.75) is 149 Å². The minimum atomic E-state index is -4.32. The van der Waals surface area contributed by atoms with Crippen LogP contribution in [0.3, 0.4) is 0 Å². The summed E-state index contributed by atoms with van der Waals surface area (Å²) in [6.45, 7) is 26.5. The van der Waals surface area contributed by atoms with Gasteiger partial charge in [-0.3, -0.25) is 53.4 Å². The molecule has 8 aromatic carbocycles. The van der Waals surface area contributed by atoms with Crippen molar-refractivity contribution in [2.24, 2.45) is 0 Å². The standard InChI is InChI=1S/C12H17NOS.C11H12F3NS.C10H11NO2S.3C10H13NS.C9H10N2O2S.C9H11NS/c1-8-5-11(7-15-10(3)13)6-12(14-4)9(8)2;1-7-3-4-9(6-16-8(2)15)10(5-7)11(12,13)14;1-7(11)14-5-8-2-3-9-10(4-8)13-6-12-9;3*1-8-3-5-10(6-4-8)7-12-9(2)11;1-7(10)14-6-8-2-4-9(5-3-8)11(12)13;1-8(10)11-7-9-5-3-2-4-6-9/h5-6,13H,7H2,1-4H3;3-5,15H,6H2,1-2H3;2-4,11H,5-6H2,1H3;3*3-6,11H,7H2,1-2H3;2-5,10H,6H2,1H3;2-6,10H,7H2,1H3. The second-order valence-electron chi connectivity index (χ2n) is 23.7. The number of alkyl halides is 3. The molecule has 0 amide bonds. The fourth-order valence-corrected chi connectivity index (χ4v) is 12.8. The molecule has 0 bridgehead atoms. The maximum atomic E-state index is 12.7. The highest BCUT2D eigenvalue weighted by atomic mass is 32.2. The van der Waals surface area contributed by atoms with Gasteiger partial charge in [-0.2, -0.15) is 13.2 Å². The van der Waals surface area contributed by atoms with Gasteiger partial charge in [0.15, 0.2) is 11.5 Å². The lowest BCUT2D eigenvalue weighted by Gasteiger charge is -2.13. The molecule has 1 aliphatic heterocycles. The van der Waals surface area contributed by atoms with Crippen LogP contribution in [0.1, 0.15) is 139 Å². The maximum Gasteiger partial charge on any atom is 0.416 e. The Bertz CT molecular complexity index is 3950. The lowest BCUT2D eigenvalue weighted by Crippen LogP contribution is -2.09. The van der Waals surface area contributed by atoms with Gasteiger partial charge in [0.2, 0.25) is 6.79 Å². The van der Waals surface area contributed by atoms with E-state index in [1.807, 2.05) is 71.0 Å². The van der Waals surface area contributed by atoms with Crippen molar-refractivity contribution in [1.82, 2.24) is 0 Å². The van der Waals surface area contributed by atoms with E-state index >= 15 is 0 Å². The smallest absolute Gasteiger partial charge is 0.416 e. The van der Waals surface area contributed by atoms with Crippen LogP contribution in [0.2, 0.25) is 0 Å². The SMILES string of the molecule is CC(=N)SCc1ccc(C)cc1.CC(=N)SCc1ccc(C)cc1.CC(=N)SCc1ccc(C)cc1.CC(=N)SCc1ccc(C)cc1C(F)(F)F.CC(=N)SCc1ccc([N+](=O)[O-])cc1.CC(=N)SCc1ccc2c(c1)OCO2.CC(=N)SCc1ccccc1.COc1cc(CSC(C)=N)cc(C)c1C. The summed E-state index contributed by atoms with van der Waals surface area (Å²) in [5.41, 5.74) is 15.1. The predicted molar refractivity (Wildman–Crippen MR) is 462 cm³/mol. The molecule has 0 unspecified atom stereocenters. The Morgan fingerprint density at radius 1 is 0.396 bits per heavy atom. The van der Waals surface area contributed by atoms with Gasteiger partial charge in [0.25, 0.3) is 5.69 Å². The Morgan fingerprint density at radius 2 is 0.717 bits per heavy atom. The van der Waals surface area contributed by atoms with E-state index in [4.69, 9.17) is 57.5 Å². The number of aryl methyl sites for hydroxylation is 5. The second-order valence-corrected chi connectivity index (χ2v) is 33.2.